The predicted octanol–water partition coefficient (Wildman–Crippen LogP) is 2.29. The summed E-state index contributed by atoms with van der Waals surface area (Å²) >= 11 is 0. The molecule has 2 N–H and O–H groups in total. The Morgan fingerprint density at radius 3 is 2.73 bits per heavy atom. The number of urea groups is 1. The van der Waals surface area contributed by atoms with Crippen LogP contribution in [0.4, 0.5) is 4.79 Å². The van der Waals surface area contributed by atoms with Crippen LogP contribution in [0.3, 0.4) is 0 Å². The van der Waals surface area contributed by atoms with Gasteiger partial charge in [-0.1, -0.05) is 36.4 Å². The lowest BCUT2D eigenvalue weighted by molar-refractivity contribution is 0.237. The Labute approximate surface area is 128 Å². The number of nitrogens with zero attached hydrogens (tertiary/aromatic N) is 3. The van der Waals surface area contributed by atoms with Crippen LogP contribution < -0.4 is 10.6 Å². The molecule has 0 saturated heterocycles. The molecule has 0 aliphatic rings. The summed E-state index contributed by atoms with van der Waals surface area (Å²) in [7, 11) is 0. The van der Waals surface area contributed by atoms with Gasteiger partial charge in [-0.2, -0.15) is 0 Å². The van der Waals surface area contributed by atoms with Crippen molar-refractivity contribution < 1.29 is 4.79 Å². The number of fused-ring (bicyclic) bond motifs is 1. The molecular weight excluding hydrogens is 278 g/mol. The van der Waals surface area contributed by atoms with Gasteiger partial charge in [-0.15, -0.1) is 10.2 Å². The van der Waals surface area contributed by atoms with Crippen LogP contribution in [0.2, 0.25) is 0 Å². The van der Waals surface area contributed by atoms with Gasteiger partial charge in [0.1, 0.15) is 0 Å². The quantitative estimate of drug-likeness (QED) is 0.775. The zero-order valence-electron chi connectivity index (χ0n) is 12.2. The Morgan fingerprint density at radius 1 is 1.14 bits per heavy atom. The summed E-state index contributed by atoms with van der Waals surface area (Å²) in [5, 5.41) is 13.9. The molecular formula is C16H17N5O. The maximum atomic E-state index is 12.0. The zero-order chi connectivity index (χ0) is 15.4. The maximum absolute atomic E-state index is 12.0. The van der Waals surface area contributed by atoms with E-state index in [1.165, 1.54) is 0 Å². The van der Waals surface area contributed by atoms with E-state index in [1.54, 1.807) is 0 Å². The first kappa shape index (κ1) is 14.1. The smallest absolute Gasteiger partial charge is 0.315 e. The van der Waals surface area contributed by atoms with Crippen molar-refractivity contribution in [1.29, 1.82) is 0 Å². The first-order valence-electron chi connectivity index (χ1n) is 7.12. The van der Waals surface area contributed by atoms with Crippen molar-refractivity contribution in [2.24, 2.45) is 0 Å². The summed E-state index contributed by atoms with van der Waals surface area (Å²) in [6.45, 7) is 2.37. The predicted molar refractivity (Wildman–Crippen MR) is 83.2 cm³/mol. The number of carbonyl (C=O) groups excluding carboxylic acids is 1. The Morgan fingerprint density at radius 2 is 1.91 bits per heavy atom. The molecule has 0 fully saturated rings. The number of benzene rings is 1. The zero-order valence-corrected chi connectivity index (χ0v) is 12.2. The summed E-state index contributed by atoms with van der Waals surface area (Å²) in [6.07, 6.45) is 1.88. The van der Waals surface area contributed by atoms with Crippen LogP contribution in [0, 0.1) is 0 Å². The minimum atomic E-state index is -0.242. The van der Waals surface area contributed by atoms with E-state index in [-0.39, 0.29) is 12.1 Å². The number of carbonyl (C=O) groups is 1. The molecule has 1 aromatic carbocycles. The number of amides is 2. The number of pyridine rings is 1. The highest BCUT2D eigenvalue weighted by atomic mass is 16.2. The van der Waals surface area contributed by atoms with E-state index in [0.29, 0.717) is 12.4 Å². The van der Waals surface area contributed by atoms with Gasteiger partial charge >= 0.3 is 6.03 Å². The largest absolute Gasteiger partial charge is 0.334 e. The van der Waals surface area contributed by atoms with Crippen molar-refractivity contribution in [3.05, 3.63) is 66.1 Å². The summed E-state index contributed by atoms with van der Waals surface area (Å²) in [5.74, 6) is 0.700. The van der Waals surface area contributed by atoms with Crippen LogP contribution in [0.25, 0.3) is 5.65 Å². The number of aromatic nitrogens is 3. The van der Waals surface area contributed by atoms with E-state index in [9.17, 15) is 4.79 Å². The van der Waals surface area contributed by atoms with Crippen molar-refractivity contribution in [3.8, 4) is 0 Å². The van der Waals surface area contributed by atoms with Crippen LogP contribution in [0.1, 0.15) is 24.4 Å². The second kappa shape index (κ2) is 6.26. The van der Waals surface area contributed by atoms with E-state index in [0.717, 1.165) is 11.2 Å². The molecule has 6 nitrogen and oxygen atoms in total. The fourth-order valence-corrected chi connectivity index (χ4v) is 2.25. The van der Waals surface area contributed by atoms with Crippen molar-refractivity contribution in [2.75, 3.05) is 0 Å². The van der Waals surface area contributed by atoms with Crippen molar-refractivity contribution in [3.63, 3.8) is 0 Å². The molecule has 0 radical (unpaired) electrons. The first-order valence-corrected chi connectivity index (χ1v) is 7.12. The molecule has 1 unspecified atom stereocenters. The fourth-order valence-electron chi connectivity index (χ4n) is 2.25. The molecule has 112 valence electrons. The summed E-state index contributed by atoms with van der Waals surface area (Å²) in [5.41, 5.74) is 1.81. The lowest BCUT2D eigenvalue weighted by Gasteiger charge is -2.13. The van der Waals surface area contributed by atoms with E-state index in [2.05, 4.69) is 20.8 Å². The van der Waals surface area contributed by atoms with Gasteiger partial charge in [-0.3, -0.25) is 4.40 Å². The number of hydrogen-bond donors (Lipinski definition) is 2. The standard InChI is InChI=1S/C16H17N5O/c1-12(15-20-19-14-9-5-6-10-21(14)15)18-16(22)17-11-13-7-3-2-4-8-13/h2-10,12H,11H2,1H3,(H2,17,18,22). The highest BCUT2D eigenvalue weighted by molar-refractivity contribution is 5.74. The molecule has 3 aromatic rings. The minimum Gasteiger partial charge on any atom is -0.334 e. The van der Waals surface area contributed by atoms with Gasteiger partial charge in [0.25, 0.3) is 0 Å². The first-order chi connectivity index (χ1) is 10.7. The van der Waals surface area contributed by atoms with Crippen LogP contribution in [0.5, 0.6) is 0 Å². The number of hydrogen-bond acceptors (Lipinski definition) is 3. The topological polar surface area (TPSA) is 71.3 Å². The Hall–Kier alpha value is -2.89. The van der Waals surface area contributed by atoms with E-state index in [4.69, 9.17) is 0 Å². The average molecular weight is 295 g/mol. The Bertz CT molecular complexity index is 768. The molecule has 0 saturated carbocycles. The maximum Gasteiger partial charge on any atom is 0.315 e. The van der Waals surface area contributed by atoms with Crippen molar-refractivity contribution in [2.45, 2.75) is 19.5 Å². The molecule has 2 heterocycles. The number of rotatable bonds is 4. The van der Waals surface area contributed by atoms with Gasteiger partial charge < -0.3 is 10.6 Å². The van der Waals surface area contributed by atoms with Gasteiger partial charge in [0.15, 0.2) is 11.5 Å². The van der Waals surface area contributed by atoms with Crippen molar-refractivity contribution >= 4 is 11.7 Å². The summed E-state index contributed by atoms with van der Waals surface area (Å²) < 4.78 is 1.86. The molecule has 2 aromatic heterocycles. The van der Waals surface area contributed by atoms with Gasteiger partial charge in [0.05, 0.1) is 6.04 Å². The monoisotopic (exact) mass is 295 g/mol. The second-order valence-electron chi connectivity index (χ2n) is 5.02. The SMILES string of the molecule is CC(NC(=O)NCc1ccccc1)c1nnc2ccccn12. The van der Waals surface area contributed by atoms with Crippen LogP contribution in [-0.4, -0.2) is 20.6 Å². The van der Waals surface area contributed by atoms with Gasteiger partial charge in [0.2, 0.25) is 0 Å². The second-order valence-corrected chi connectivity index (χ2v) is 5.02. The van der Waals surface area contributed by atoms with E-state index < -0.39 is 0 Å². The molecule has 3 rings (SSSR count). The van der Waals surface area contributed by atoms with Gasteiger partial charge in [-0.05, 0) is 24.6 Å². The normalized spacial score (nSPS) is 12.0. The summed E-state index contributed by atoms with van der Waals surface area (Å²) in [4.78, 5) is 12.0. The highest BCUT2D eigenvalue weighted by Crippen LogP contribution is 2.11. The molecule has 0 bridgehead atoms. The minimum absolute atomic E-state index is 0.232. The van der Waals surface area contributed by atoms with Crippen LogP contribution in [-0.2, 0) is 6.54 Å². The molecule has 1 atom stereocenters. The lowest BCUT2D eigenvalue weighted by Crippen LogP contribution is -2.37. The third-order valence-corrected chi connectivity index (χ3v) is 3.37. The molecule has 0 aliphatic heterocycles. The molecule has 0 aliphatic carbocycles. The van der Waals surface area contributed by atoms with E-state index >= 15 is 0 Å². The summed E-state index contributed by atoms with van der Waals surface area (Å²) in [6, 6.07) is 15.0. The molecule has 6 heteroatoms. The van der Waals surface area contributed by atoms with Crippen molar-refractivity contribution in [1.82, 2.24) is 25.2 Å². The lowest BCUT2D eigenvalue weighted by atomic mass is 10.2. The number of nitrogens with one attached hydrogen (secondary N) is 2. The average Bonchev–Trinajstić information content (AvgIpc) is 2.98. The molecule has 22 heavy (non-hydrogen) atoms. The Kier molecular flexibility index (Phi) is 4.00. The van der Waals surface area contributed by atoms with Gasteiger partial charge in [0, 0.05) is 12.7 Å². The van der Waals surface area contributed by atoms with Gasteiger partial charge in [-0.25, -0.2) is 4.79 Å². The van der Waals surface area contributed by atoms with E-state index in [1.807, 2.05) is 66.1 Å². The molecule has 2 amide bonds. The third kappa shape index (κ3) is 3.06. The van der Waals surface area contributed by atoms with Crippen LogP contribution >= 0.6 is 0 Å². The fraction of sp³-hybridized carbons (Fsp3) is 0.188. The third-order valence-electron chi connectivity index (χ3n) is 3.37. The van der Waals surface area contributed by atoms with Crippen LogP contribution in [0.15, 0.2) is 54.7 Å². The molecule has 0 spiro atoms. The highest BCUT2D eigenvalue weighted by Gasteiger charge is 2.15. The Balaban J connectivity index is 1.61.